The van der Waals surface area contributed by atoms with Gasteiger partial charge in [0.15, 0.2) is 29.6 Å². The van der Waals surface area contributed by atoms with Crippen molar-refractivity contribution < 1.29 is 23.9 Å². The molecule has 6 aromatic carbocycles. The zero-order chi connectivity index (χ0) is 45.4. The Balaban J connectivity index is 0.000000181. The molecule has 9 rings (SSSR count). The maximum atomic E-state index is 14.0. The molecule has 0 radical (unpaired) electrons. The van der Waals surface area contributed by atoms with E-state index in [1.165, 1.54) is 4.90 Å². The topological polar surface area (TPSA) is 156 Å². The number of hydrogen-bond donors (Lipinski definition) is 2. The van der Waals surface area contributed by atoms with E-state index in [0.29, 0.717) is 32.0 Å². The predicted octanol–water partition coefficient (Wildman–Crippen LogP) is 7.19. The highest BCUT2D eigenvalue weighted by atomic mass is 16.5. The first-order valence-electron chi connectivity index (χ1n) is 21.9. The molecule has 0 aliphatic carbocycles. The van der Waals surface area contributed by atoms with E-state index in [4.69, 9.17) is 25.9 Å². The molecular formula is C53H53N7O5. The maximum absolute atomic E-state index is 14.0. The number of nitrogens with two attached hydrogens (primary N) is 2. The molecule has 1 unspecified atom stereocenters. The lowest BCUT2D eigenvalue weighted by Gasteiger charge is -2.34. The molecule has 65 heavy (non-hydrogen) atoms. The Morgan fingerprint density at radius 3 is 1.62 bits per heavy atom. The lowest BCUT2D eigenvalue weighted by molar-refractivity contribution is -0.135. The van der Waals surface area contributed by atoms with E-state index in [1.807, 2.05) is 182 Å². The highest BCUT2D eigenvalue weighted by Gasteiger charge is 2.51. The van der Waals surface area contributed by atoms with Crippen LogP contribution in [0.2, 0.25) is 0 Å². The zero-order valence-corrected chi connectivity index (χ0v) is 36.6. The summed E-state index contributed by atoms with van der Waals surface area (Å²) < 4.78 is 11.2. The second kappa shape index (κ2) is 19.3. The third kappa shape index (κ3) is 8.92. The maximum Gasteiger partial charge on any atom is 0.266 e. The van der Waals surface area contributed by atoms with E-state index in [-0.39, 0.29) is 42.2 Å². The summed E-state index contributed by atoms with van der Waals surface area (Å²) in [4.78, 5) is 54.2. The minimum Gasteiger partial charge on any atom is -0.494 e. The van der Waals surface area contributed by atoms with Gasteiger partial charge in [-0.15, -0.1) is 0 Å². The predicted molar refractivity (Wildman–Crippen MR) is 253 cm³/mol. The smallest absolute Gasteiger partial charge is 0.266 e. The Hall–Kier alpha value is -7.73. The number of piperidine rings is 1. The number of hydrogen-bond acceptors (Lipinski definition) is 9. The van der Waals surface area contributed by atoms with E-state index >= 15 is 0 Å². The molecule has 0 bridgehead atoms. The monoisotopic (exact) mass is 867 g/mol. The van der Waals surface area contributed by atoms with Gasteiger partial charge in [-0.3, -0.25) is 24.2 Å². The minimum absolute atomic E-state index is 0.0234. The van der Waals surface area contributed by atoms with E-state index in [9.17, 15) is 14.4 Å². The van der Waals surface area contributed by atoms with Crippen LogP contribution in [-0.4, -0.2) is 84.2 Å². The number of carbonyl (C=O) groups is 3. The second-order valence-electron chi connectivity index (χ2n) is 16.2. The third-order valence-electron chi connectivity index (χ3n) is 12.2. The molecule has 3 heterocycles. The summed E-state index contributed by atoms with van der Waals surface area (Å²) in [6.07, 6.45) is 1.58. The van der Waals surface area contributed by atoms with Crippen molar-refractivity contribution in [1.29, 1.82) is 0 Å². The van der Waals surface area contributed by atoms with Crippen molar-refractivity contribution in [1.82, 2.24) is 14.7 Å². The lowest BCUT2D eigenvalue weighted by atomic mass is 9.82. The van der Waals surface area contributed by atoms with Gasteiger partial charge in [-0.2, -0.15) is 0 Å². The molecule has 6 aromatic rings. The first kappa shape index (κ1) is 43.9. The van der Waals surface area contributed by atoms with Crippen LogP contribution in [0.4, 0.5) is 0 Å². The molecule has 3 amide bonds. The Morgan fingerprint density at radius 2 is 1.08 bits per heavy atom. The lowest BCUT2D eigenvalue weighted by Crippen LogP contribution is -2.48. The fourth-order valence-corrected chi connectivity index (χ4v) is 8.75. The van der Waals surface area contributed by atoms with Crippen molar-refractivity contribution in [3.05, 3.63) is 192 Å². The number of benzene rings is 6. The molecule has 12 nitrogen and oxygen atoms in total. The highest BCUT2D eigenvalue weighted by molar-refractivity contribution is 6.10. The Morgan fingerprint density at radius 1 is 0.600 bits per heavy atom. The molecule has 0 saturated carbocycles. The normalized spacial score (nSPS) is 18.1. The summed E-state index contributed by atoms with van der Waals surface area (Å²) in [5.74, 6) is 1.85. The van der Waals surface area contributed by atoms with Crippen molar-refractivity contribution in [3.63, 3.8) is 0 Å². The van der Waals surface area contributed by atoms with Crippen LogP contribution in [0.1, 0.15) is 42.0 Å². The molecule has 12 heteroatoms. The van der Waals surface area contributed by atoms with Gasteiger partial charge in [0, 0.05) is 26.7 Å². The summed E-state index contributed by atoms with van der Waals surface area (Å²) in [5, 5.41) is 0. The number of carbonyl (C=O) groups excluding carboxylic acids is 3. The number of rotatable bonds is 12. The van der Waals surface area contributed by atoms with Crippen molar-refractivity contribution in [2.24, 2.45) is 27.4 Å². The number of guanidine groups is 2. The molecule has 330 valence electrons. The molecule has 0 aromatic heterocycles. The van der Waals surface area contributed by atoms with Crippen LogP contribution in [0.3, 0.4) is 0 Å². The molecule has 4 N–H and O–H groups in total. The summed E-state index contributed by atoms with van der Waals surface area (Å²) in [7, 11) is 1.65. The first-order chi connectivity index (χ1) is 31.6. The Bertz CT molecular complexity index is 2630. The largest absolute Gasteiger partial charge is 0.494 e. The number of likely N-dealkylation sites (N-methyl/N-ethyl adjacent to an activating group) is 1. The van der Waals surface area contributed by atoms with Crippen LogP contribution < -0.4 is 20.9 Å². The number of nitrogens with zero attached hydrogens (tertiary/aromatic N) is 5. The quantitative estimate of drug-likeness (QED) is 0.132. The van der Waals surface area contributed by atoms with Gasteiger partial charge in [-0.1, -0.05) is 140 Å². The van der Waals surface area contributed by atoms with Crippen LogP contribution in [-0.2, 0) is 25.5 Å². The number of para-hydroxylation sites is 1. The van der Waals surface area contributed by atoms with E-state index in [0.717, 1.165) is 52.0 Å². The summed E-state index contributed by atoms with van der Waals surface area (Å²) in [6.45, 7) is 4.33. The van der Waals surface area contributed by atoms with Crippen LogP contribution in [0.25, 0.3) is 11.1 Å². The van der Waals surface area contributed by atoms with E-state index in [1.54, 1.807) is 11.9 Å². The molecular weight excluding hydrogens is 815 g/mol. The summed E-state index contributed by atoms with van der Waals surface area (Å²) in [5.41, 5.74) is 15.2. The number of ether oxygens (including phenoxy) is 2. The molecule has 0 spiro atoms. The minimum atomic E-state index is -1.19. The Kier molecular flexibility index (Phi) is 13.1. The van der Waals surface area contributed by atoms with Gasteiger partial charge in [-0.25, -0.2) is 9.98 Å². The second-order valence-corrected chi connectivity index (χ2v) is 16.2. The van der Waals surface area contributed by atoms with Crippen molar-refractivity contribution >= 4 is 29.6 Å². The molecule has 3 aliphatic rings. The Labute approximate surface area is 379 Å². The van der Waals surface area contributed by atoms with Crippen molar-refractivity contribution in [3.8, 4) is 22.6 Å². The van der Waals surface area contributed by atoms with Crippen LogP contribution in [0, 0.1) is 5.92 Å². The SMILES string of the molecule is CCOc1cccc(-c2cccc(C3(c4ccccc4)N=C(N)N(C)C3=O)c2)c1.NC1=NC(c2ccccc2)(c2ccccc2)C(=O)N1CC1CCN(C(=O)COc2ccccc2)CC1. The van der Waals surface area contributed by atoms with Crippen molar-refractivity contribution in [2.75, 3.05) is 39.9 Å². The van der Waals surface area contributed by atoms with Gasteiger partial charge in [-0.05, 0) is 89.4 Å². The fourth-order valence-electron chi connectivity index (χ4n) is 8.75. The number of amides is 3. The van der Waals surface area contributed by atoms with Crippen LogP contribution in [0.15, 0.2) is 180 Å². The highest BCUT2D eigenvalue weighted by Crippen LogP contribution is 2.42. The molecule has 1 atom stereocenters. The number of likely N-dealkylation sites (tertiary alicyclic amines) is 1. The number of aliphatic imine (C=N–C) groups is 2. The zero-order valence-electron chi connectivity index (χ0n) is 36.6. The van der Waals surface area contributed by atoms with Crippen molar-refractivity contribution in [2.45, 2.75) is 30.8 Å². The fraction of sp³-hybridized carbons (Fsp3) is 0.226. The average Bonchev–Trinajstić information content (AvgIpc) is 3.75. The van der Waals surface area contributed by atoms with Crippen LogP contribution >= 0.6 is 0 Å². The van der Waals surface area contributed by atoms with Crippen LogP contribution in [0.5, 0.6) is 11.5 Å². The third-order valence-corrected chi connectivity index (χ3v) is 12.2. The van der Waals surface area contributed by atoms with Gasteiger partial charge in [0.2, 0.25) is 0 Å². The standard InChI is InChI=1S/C29H30N4O3.C24H23N3O2/c30-28-31-29(23-10-4-1-5-11-23,24-12-6-2-7-13-24)27(35)33(28)20-22-16-18-32(19-17-22)26(34)21-36-25-14-8-3-9-15-25;1-3-29-21-14-8-10-18(16-21)17-9-7-13-20(15-17)24(19-11-5-4-6-12-19)22(28)27(2)23(25)26-24/h1-15,22H,16-21H2,(H2,30,31);4-16H,3H2,1-2H3,(H2,25,26). The molecule has 1 fully saturated rings. The van der Waals surface area contributed by atoms with Gasteiger partial charge >= 0.3 is 0 Å². The summed E-state index contributed by atoms with van der Waals surface area (Å²) >= 11 is 0. The average molecular weight is 868 g/mol. The van der Waals surface area contributed by atoms with Gasteiger partial charge in [0.05, 0.1) is 6.61 Å². The van der Waals surface area contributed by atoms with Gasteiger partial charge in [0.25, 0.3) is 17.7 Å². The van der Waals surface area contributed by atoms with E-state index < -0.39 is 11.1 Å². The molecule has 3 aliphatic heterocycles. The van der Waals surface area contributed by atoms with Gasteiger partial charge < -0.3 is 25.8 Å². The summed E-state index contributed by atoms with van der Waals surface area (Å²) in [6, 6.07) is 53.9. The molecule has 1 saturated heterocycles. The first-order valence-corrected chi connectivity index (χ1v) is 21.9. The van der Waals surface area contributed by atoms with E-state index in [2.05, 4.69) is 4.99 Å². The van der Waals surface area contributed by atoms with Gasteiger partial charge in [0.1, 0.15) is 11.5 Å².